The van der Waals surface area contributed by atoms with Crippen molar-refractivity contribution in [3.8, 4) is 6.07 Å². The topological polar surface area (TPSA) is 94.9 Å². The molecule has 104 valence electrons. The number of carbonyl (C=O) groups excluding carboxylic acids is 2. The van der Waals surface area contributed by atoms with Crippen LogP contribution in [0.1, 0.15) is 18.4 Å². The number of aromatic nitrogens is 1. The first-order valence-corrected chi connectivity index (χ1v) is 6.57. The van der Waals surface area contributed by atoms with Gasteiger partial charge in [0.2, 0.25) is 11.8 Å². The number of carbonyl (C=O) groups is 2. The molecule has 1 aromatic carbocycles. The summed E-state index contributed by atoms with van der Waals surface area (Å²) in [5.41, 5.74) is 1.12. The number of hydrogen-bond acceptors (Lipinski definition) is 5. The van der Waals surface area contributed by atoms with E-state index in [9.17, 15) is 14.9 Å². The van der Waals surface area contributed by atoms with Crippen LogP contribution < -0.4 is 10.6 Å². The predicted octanol–water partition coefficient (Wildman–Crippen LogP) is 1.32. The molecule has 0 aliphatic carbocycles. The minimum absolute atomic E-state index is 0.273. The van der Waals surface area contributed by atoms with E-state index < -0.39 is 6.04 Å². The molecule has 1 aromatic heterocycles. The third-order valence-electron chi connectivity index (χ3n) is 3.39. The van der Waals surface area contributed by atoms with E-state index in [0.717, 1.165) is 10.9 Å². The summed E-state index contributed by atoms with van der Waals surface area (Å²) in [4.78, 5) is 27.3. The molecule has 6 nitrogen and oxygen atoms in total. The summed E-state index contributed by atoms with van der Waals surface area (Å²) in [5.74, 6) is -0.291. The van der Waals surface area contributed by atoms with Crippen molar-refractivity contribution in [2.45, 2.75) is 18.9 Å². The van der Waals surface area contributed by atoms with Gasteiger partial charge in [-0.05, 0) is 18.6 Å². The second-order valence-corrected chi connectivity index (χ2v) is 4.84. The van der Waals surface area contributed by atoms with Crippen molar-refractivity contribution in [3.05, 3.63) is 35.9 Å². The van der Waals surface area contributed by atoms with Gasteiger partial charge in [0.15, 0.2) is 0 Å². The Hall–Kier alpha value is -2.94. The number of imide groups is 1. The highest BCUT2D eigenvalue weighted by molar-refractivity contribution is 6.01. The van der Waals surface area contributed by atoms with Gasteiger partial charge in [-0.25, -0.2) is 4.98 Å². The van der Waals surface area contributed by atoms with Crippen molar-refractivity contribution in [2.24, 2.45) is 0 Å². The first kappa shape index (κ1) is 13.1. The van der Waals surface area contributed by atoms with Crippen molar-refractivity contribution in [1.29, 1.82) is 5.26 Å². The highest BCUT2D eigenvalue weighted by atomic mass is 16.2. The Balaban J connectivity index is 1.94. The summed E-state index contributed by atoms with van der Waals surface area (Å²) >= 11 is 0. The van der Waals surface area contributed by atoms with Crippen molar-refractivity contribution in [2.75, 3.05) is 5.32 Å². The number of nitrogens with zero attached hydrogens (tertiary/aromatic N) is 2. The minimum Gasteiger partial charge on any atom is -0.357 e. The van der Waals surface area contributed by atoms with Crippen LogP contribution in [-0.2, 0) is 9.59 Å². The summed E-state index contributed by atoms with van der Waals surface area (Å²) < 4.78 is 0. The number of nitrogens with one attached hydrogen (secondary N) is 2. The monoisotopic (exact) mass is 280 g/mol. The zero-order valence-corrected chi connectivity index (χ0v) is 11.1. The Kier molecular flexibility index (Phi) is 3.24. The molecule has 1 saturated heterocycles. The van der Waals surface area contributed by atoms with E-state index in [1.165, 1.54) is 0 Å². The van der Waals surface area contributed by atoms with Crippen LogP contribution >= 0.6 is 0 Å². The van der Waals surface area contributed by atoms with Crippen LogP contribution in [0.2, 0.25) is 0 Å². The standard InChI is InChI=1S/C15H12N4O2/c16-8-10-7-9-3-1-2-4-11(9)17-14(10)18-12-5-6-13(20)19-15(12)21/h1-4,7,12H,5-6H2,(H,17,18)(H,19,20,21). The number of hydrogen-bond donors (Lipinski definition) is 2. The number of fused-ring (bicyclic) bond motifs is 1. The number of benzene rings is 1. The van der Waals surface area contributed by atoms with Crippen molar-refractivity contribution >= 4 is 28.5 Å². The van der Waals surface area contributed by atoms with E-state index in [1.54, 1.807) is 6.07 Å². The molecule has 1 aliphatic rings. The average molecular weight is 280 g/mol. The molecule has 1 fully saturated rings. The van der Waals surface area contributed by atoms with E-state index >= 15 is 0 Å². The van der Waals surface area contributed by atoms with Gasteiger partial charge in [-0.3, -0.25) is 14.9 Å². The van der Waals surface area contributed by atoms with Crippen LogP contribution in [0.15, 0.2) is 30.3 Å². The molecule has 1 atom stereocenters. The number of anilines is 1. The molecule has 1 unspecified atom stereocenters. The van der Waals surface area contributed by atoms with E-state index in [1.807, 2.05) is 24.3 Å². The molecular weight excluding hydrogens is 268 g/mol. The molecule has 2 aromatic rings. The number of piperidine rings is 1. The van der Waals surface area contributed by atoms with Gasteiger partial charge < -0.3 is 5.32 Å². The van der Waals surface area contributed by atoms with Crippen molar-refractivity contribution < 1.29 is 9.59 Å². The number of nitriles is 1. The van der Waals surface area contributed by atoms with Crippen LogP contribution in [0.5, 0.6) is 0 Å². The largest absolute Gasteiger partial charge is 0.357 e. The Morgan fingerprint density at radius 3 is 2.90 bits per heavy atom. The fraction of sp³-hybridized carbons (Fsp3) is 0.200. The maximum atomic E-state index is 11.8. The van der Waals surface area contributed by atoms with Crippen LogP contribution in [-0.4, -0.2) is 22.8 Å². The molecule has 2 amide bonds. The zero-order chi connectivity index (χ0) is 14.8. The Labute approximate surface area is 120 Å². The van der Waals surface area contributed by atoms with E-state index in [4.69, 9.17) is 0 Å². The molecular formula is C15H12N4O2. The minimum atomic E-state index is -0.552. The van der Waals surface area contributed by atoms with E-state index in [0.29, 0.717) is 17.8 Å². The summed E-state index contributed by atoms with van der Waals surface area (Å²) in [6.45, 7) is 0. The summed E-state index contributed by atoms with van der Waals surface area (Å²) in [7, 11) is 0. The fourth-order valence-corrected chi connectivity index (χ4v) is 2.31. The summed E-state index contributed by atoms with van der Waals surface area (Å²) in [5, 5.41) is 15.3. The van der Waals surface area contributed by atoms with Gasteiger partial charge in [-0.1, -0.05) is 18.2 Å². The van der Waals surface area contributed by atoms with Crippen molar-refractivity contribution in [1.82, 2.24) is 10.3 Å². The predicted molar refractivity (Wildman–Crippen MR) is 76.3 cm³/mol. The molecule has 6 heteroatoms. The summed E-state index contributed by atoms with van der Waals surface area (Å²) in [6, 6.07) is 10.7. The lowest BCUT2D eigenvalue weighted by atomic mass is 10.1. The molecule has 0 radical (unpaired) electrons. The molecule has 3 rings (SSSR count). The molecule has 0 spiro atoms. The quantitative estimate of drug-likeness (QED) is 0.809. The first-order chi connectivity index (χ1) is 10.2. The third-order valence-corrected chi connectivity index (χ3v) is 3.39. The number of amides is 2. The summed E-state index contributed by atoms with van der Waals surface area (Å²) in [6.07, 6.45) is 0.670. The van der Waals surface area contributed by atoms with Crippen LogP contribution in [0.25, 0.3) is 10.9 Å². The Morgan fingerprint density at radius 2 is 2.14 bits per heavy atom. The number of rotatable bonds is 2. The van der Waals surface area contributed by atoms with Crippen molar-refractivity contribution in [3.63, 3.8) is 0 Å². The van der Waals surface area contributed by atoms with Gasteiger partial charge in [-0.15, -0.1) is 0 Å². The first-order valence-electron chi connectivity index (χ1n) is 6.57. The second kappa shape index (κ2) is 5.21. The van der Waals surface area contributed by atoms with Gasteiger partial charge in [0.25, 0.3) is 0 Å². The van der Waals surface area contributed by atoms with Crippen LogP contribution in [0.3, 0.4) is 0 Å². The van der Waals surface area contributed by atoms with Gasteiger partial charge in [0, 0.05) is 11.8 Å². The lowest BCUT2D eigenvalue weighted by Crippen LogP contribution is -2.47. The second-order valence-electron chi connectivity index (χ2n) is 4.84. The molecule has 0 saturated carbocycles. The van der Waals surface area contributed by atoms with Crippen LogP contribution in [0, 0.1) is 11.3 Å². The smallest absolute Gasteiger partial charge is 0.249 e. The average Bonchev–Trinajstić information content (AvgIpc) is 2.49. The fourth-order valence-electron chi connectivity index (χ4n) is 2.31. The molecule has 0 bridgehead atoms. The normalized spacial score (nSPS) is 18.1. The maximum Gasteiger partial charge on any atom is 0.249 e. The highest BCUT2D eigenvalue weighted by Gasteiger charge is 2.27. The molecule has 21 heavy (non-hydrogen) atoms. The number of pyridine rings is 1. The maximum absolute atomic E-state index is 11.8. The number of para-hydroxylation sites is 1. The van der Waals surface area contributed by atoms with Gasteiger partial charge in [0.1, 0.15) is 17.9 Å². The highest BCUT2D eigenvalue weighted by Crippen LogP contribution is 2.21. The van der Waals surface area contributed by atoms with E-state index in [-0.39, 0.29) is 18.2 Å². The lowest BCUT2D eigenvalue weighted by Gasteiger charge is -2.22. The van der Waals surface area contributed by atoms with Gasteiger partial charge in [-0.2, -0.15) is 5.26 Å². The Morgan fingerprint density at radius 1 is 1.33 bits per heavy atom. The van der Waals surface area contributed by atoms with Crippen LogP contribution in [0.4, 0.5) is 5.82 Å². The lowest BCUT2D eigenvalue weighted by molar-refractivity contribution is -0.133. The third kappa shape index (κ3) is 2.54. The van der Waals surface area contributed by atoms with E-state index in [2.05, 4.69) is 21.7 Å². The molecule has 2 heterocycles. The SMILES string of the molecule is N#Cc1cc2ccccc2nc1NC1CCC(=O)NC1=O. The molecule has 2 N–H and O–H groups in total. The molecule has 1 aliphatic heterocycles. The Bertz CT molecular complexity index is 779. The zero-order valence-electron chi connectivity index (χ0n) is 11.1. The van der Waals surface area contributed by atoms with Gasteiger partial charge >= 0.3 is 0 Å². The van der Waals surface area contributed by atoms with Gasteiger partial charge in [0.05, 0.1) is 11.1 Å².